The highest BCUT2D eigenvalue weighted by atomic mass is 16.5. The third kappa shape index (κ3) is 3.69. The van der Waals surface area contributed by atoms with Gasteiger partial charge in [0.2, 0.25) is 0 Å². The van der Waals surface area contributed by atoms with Gasteiger partial charge < -0.3 is 19.5 Å². The minimum Gasteiger partial charge on any atom is -0.378 e. The Hall–Kier alpha value is -2.34. The summed E-state index contributed by atoms with van der Waals surface area (Å²) in [5.74, 6) is 0.898. The van der Waals surface area contributed by atoms with Gasteiger partial charge in [-0.3, -0.25) is 4.79 Å². The number of aryl methyl sites for hydroxylation is 1. The highest BCUT2D eigenvalue weighted by Crippen LogP contribution is 2.19. The molecule has 0 bridgehead atoms. The molecule has 0 aliphatic carbocycles. The second kappa shape index (κ2) is 7.70. The number of carbonyl (C=O) groups is 1. The molecule has 1 aliphatic rings. The van der Waals surface area contributed by atoms with Crippen molar-refractivity contribution in [2.24, 2.45) is 0 Å². The number of nitrogens with one attached hydrogen (secondary N) is 1. The molecule has 1 fully saturated rings. The largest absolute Gasteiger partial charge is 0.378 e. The van der Waals surface area contributed by atoms with Crippen LogP contribution in [0.15, 0.2) is 24.4 Å². The Bertz CT molecular complexity index is 748. The molecule has 0 atom stereocenters. The van der Waals surface area contributed by atoms with E-state index in [0.717, 1.165) is 48.0 Å². The minimum atomic E-state index is -0.0374. The van der Waals surface area contributed by atoms with Gasteiger partial charge in [0.15, 0.2) is 0 Å². The molecule has 0 radical (unpaired) electrons. The normalized spacial score (nSPS) is 14.6. The summed E-state index contributed by atoms with van der Waals surface area (Å²) >= 11 is 0. The van der Waals surface area contributed by atoms with E-state index in [-0.39, 0.29) is 5.91 Å². The second-order valence-corrected chi connectivity index (χ2v) is 6.30. The van der Waals surface area contributed by atoms with E-state index in [1.807, 2.05) is 32.0 Å². The monoisotopic (exact) mass is 342 g/mol. The number of hydrogen-bond acceptors (Lipinski definition) is 4. The van der Waals surface area contributed by atoms with Crippen LogP contribution in [0.1, 0.15) is 34.2 Å². The third-order valence-corrected chi connectivity index (χ3v) is 4.75. The summed E-state index contributed by atoms with van der Waals surface area (Å²) in [5.41, 5.74) is 3.90. The van der Waals surface area contributed by atoms with Crippen molar-refractivity contribution in [2.45, 2.75) is 33.9 Å². The lowest BCUT2D eigenvalue weighted by molar-refractivity contribution is 0.0950. The lowest BCUT2D eigenvalue weighted by Crippen LogP contribution is -2.37. The Balaban J connectivity index is 1.72. The minimum absolute atomic E-state index is 0.0374. The molecule has 1 aliphatic heterocycles. The molecule has 25 heavy (non-hydrogen) atoms. The topological polar surface area (TPSA) is 59.4 Å². The zero-order valence-electron chi connectivity index (χ0n) is 15.2. The number of anilines is 1. The number of morpholine rings is 1. The Morgan fingerprint density at radius 2 is 2.08 bits per heavy atom. The quantitative estimate of drug-likeness (QED) is 0.906. The molecule has 0 saturated carbocycles. The fraction of sp³-hybridized carbons (Fsp3) is 0.474. The predicted molar refractivity (Wildman–Crippen MR) is 98.0 cm³/mol. The number of hydrogen-bond donors (Lipinski definition) is 1. The van der Waals surface area contributed by atoms with Crippen molar-refractivity contribution in [2.75, 3.05) is 31.2 Å². The SMILES string of the molecule is CCn1c(C)cc(C(=O)NCc2cccnc2N2CCOCC2)c1C. The summed E-state index contributed by atoms with van der Waals surface area (Å²) in [7, 11) is 0. The molecule has 1 saturated heterocycles. The smallest absolute Gasteiger partial charge is 0.253 e. The van der Waals surface area contributed by atoms with Gasteiger partial charge in [0.05, 0.1) is 18.8 Å². The molecule has 0 unspecified atom stereocenters. The average molecular weight is 342 g/mol. The van der Waals surface area contributed by atoms with Crippen molar-refractivity contribution in [3.63, 3.8) is 0 Å². The molecular formula is C19H26N4O2. The fourth-order valence-corrected chi connectivity index (χ4v) is 3.42. The third-order valence-electron chi connectivity index (χ3n) is 4.75. The maximum atomic E-state index is 12.6. The van der Waals surface area contributed by atoms with Crippen molar-refractivity contribution in [1.82, 2.24) is 14.9 Å². The first-order valence-corrected chi connectivity index (χ1v) is 8.83. The molecule has 134 valence electrons. The van der Waals surface area contributed by atoms with Crippen molar-refractivity contribution in [3.05, 3.63) is 46.9 Å². The molecule has 1 amide bonds. The molecule has 6 heteroatoms. The van der Waals surface area contributed by atoms with Crippen LogP contribution in [0, 0.1) is 13.8 Å². The molecule has 0 spiro atoms. The van der Waals surface area contributed by atoms with E-state index in [4.69, 9.17) is 4.74 Å². The van der Waals surface area contributed by atoms with Gasteiger partial charge in [-0.1, -0.05) is 6.07 Å². The summed E-state index contributed by atoms with van der Waals surface area (Å²) in [4.78, 5) is 19.4. The van der Waals surface area contributed by atoms with E-state index < -0.39 is 0 Å². The number of pyridine rings is 1. The van der Waals surface area contributed by atoms with Crippen LogP contribution < -0.4 is 10.2 Å². The molecule has 1 N–H and O–H groups in total. The molecule has 2 aromatic rings. The lowest BCUT2D eigenvalue weighted by Gasteiger charge is -2.29. The van der Waals surface area contributed by atoms with E-state index in [9.17, 15) is 4.79 Å². The fourth-order valence-electron chi connectivity index (χ4n) is 3.42. The number of ether oxygens (including phenoxy) is 1. The molecule has 0 aromatic carbocycles. The van der Waals surface area contributed by atoms with E-state index in [1.54, 1.807) is 6.20 Å². The Morgan fingerprint density at radius 1 is 1.32 bits per heavy atom. The second-order valence-electron chi connectivity index (χ2n) is 6.30. The first-order chi connectivity index (χ1) is 12.1. The van der Waals surface area contributed by atoms with Crippen molar-refractivity contribution < 1.29 is 9.53 Å². The molecule has 3 rings (SSSR count). The summed E-state index contributed by atoms with van der Waals surface area (Å²) in [5, 5.41) is 3.05. The van der Waals surface area contributed by atoms with Gasteiger partial charge in [0, 0.05) is 49.3 Å². The van der Waals surface area contributed by atoms with Crippen LogP contribution in [0.3, 0.4) is 0 Å². The van der Waals surface area contributed by atoms with Crippen molar-refractivity contribution in [1.29, 1.82) is 0 Å². The molecule has 3 heterocycles. The Labute approximate surface area is 148 Å². The summed E-state index contributed by atoms with van der Waals surface area (Å²) in [6, 6.07) is 5.89. The summed E-state index contributed by atoms with van der Waals surface area (Å²) < 4.78 is 7.56. The maximum absolute atomic E-state index is 12.6. The first-order valence-electron chi connectivity index (χ1n) is 8.83. The van der Waals surface area contributed by atoms with Crippen molar-refractivity contribution >= 4 is 11.7 Å². The van der Waals surface area contributed by atoms with Gasteiger partial charge in [-0.05, 0) is 32.9 Å². The van der Waals surface area contributed by atoms with Crippen LogP contribution in [-0.2, 0) is 17.8 Å². The van der Waals surface area contributed by atoms with Crippen LogP contribution >= 0.6 is 0 Å². The number of carbonyl (C=O) groups excluding carboxylic acids is 1. The number of nitrogens with zero attached hydrogens (tertiary/aromatic N) is 3. The van der Waals surface area contributed by atoms with Crippen LogP contribution in [0.5, 0.6) is 0 Å². The lowest BCUT2D eigenvalue weighted by atomic mass is 10.2. The molecule has 6 nitrogen and oxygen atoms in total. The predicted octanol–water partition coefficient (Wildman–Crippen LogP) is 2.29. The highest BCUT2D eigenvalue weighted by Gasteiger charge is 2.18. The molecular weight excluding hydrogens is 316 g/mol. The Morgan fingerprint density at radius 3 is 2.76 bits per heavy atom. The van der Waals surface area contributed by atoms with Crippen LogP contribution in [0.4, 0.5) is 5.82 Å². The zero-order chi connectivity index (χ0) is 17.8. The summed E-state index contributed by atoms with van der Waals surface area (Å²) in [6.45, 7) is 10.5. The van der Waals surface area contributed by atoms with Crippen LogP contribution in [0.25, 0.3) is 0 Å². The first kappa shape index (κ1) is 17.5. The maximum Gasteiger partial charge on any atom is 0.253 e. The summed E-state index contributed by atoms with van der Waals surface area (Å²) in [6.07, 6.45) is 1.80. The van der Waals surface area contributed by atoms with Gasteiger partial charge >= 0.3 is 0 Å². The van der Waals surface area contributed by atoms with E-state index in [0.29, 0.717) is 19.8 Å². The van der Waals surface area contributed by atoms with E-state index in [1.165, 1.54) is 0 Å². The Kier molecular flexibility index (Phi) is 5.38. The van der Waals surface area contributed by atoms with Gasteiger partial charge in [-0.2, -0.15) is 0 Å². The van der Waals surface area contributed by atoms with E-state index >= 15 is 0 Å². The standard InChI is InChI=1S/C19H26N4O2/c1-4-23-14(2)12-17(15(23)3)19(24)21-13-16-6-5-7-20-18(16)22-8-10-25-11-9-22/h5-7,12H,4,8-11,13H2,1-3H3,(H,21,24). The van der Waals surface area contributed by atoms with Crippen molar-refractivity contribution in [3.8, 4) is 0 Å². The van der Waals surface area contributed by atoms with Gasteiger partial charge in [0.1, 0.15) is 5.82 Å². The van der Waals surface area contributed by atoms with E-state index in [2.05, 4.69) is 26.7 Å². The van der Waals surface area contributed by atoms with Crippen LogP contribution in [0.2, 0.25) is 0 Å². The zero-order valence-corrected chi connectivity index (χ0v) is 15.2. The number of amides is 1. The molecule has 2 aromatic heterocycles. The van der Waals surface area contributed by atoms with Crippen LogP contribution in [-0.4, -0.2) is 41.8 Å². The number of rotatable bonds is 5. The average Bonchev–Trinajstić information content (AvgIpc) is 2.94. The van der Waals surface area contributed by atoms with Gasteiger partial charge in [0.25, 0.3) is 5.91 Å². The number of aromatic nitrogens is 2. The van der Waals surface area contributed by atoms with Gasteiger partial charge in [-0.15, -0.1) is 0 Å². The van der Waals surface area contributed by atoms with Gasteiger partial charge in [-0.25, -0.2) is 4.98 Å². The highest BCUT2D eigenvalue weighted by molar-refractivity contribution is 5.95.